The summed E-state index contributed by atoms with van der Waals surface area (Å²) in [6.07, 6.45) is 1.80. The molecule has 6 heteroatoms. The van der Waals surface area contributed by atoms with Crippen LogP contribution < -0.4 is 10.6 Å². The first-order chi connectivity index (χ1) is 8.40. The van der Waals surface area contributed by atoms with E-state index in [1.54, 1.807) is 4.90 Å². The fourth-order valence-electron chi connectivity index (χ4n) is 1.62. The average Bonchev–Trinajstić information content (AvgIpc) is 2.24. The molecule has 3 N–H and O–H groups in total. The van der Waals surface area contributed by atoms with Crippen LogP contribution in [0.4, 0.5) is 10.2 Å². The van der Waals surface area contributed by atoms with E-state index in [2.05, 4.69) is 4.98 Å². The lowest BCUT2D eigenvalue weighted by molar-refractivity contribution is 0.574. The first-order valence-electron chi connectivity index (χ1n) is 5.79. The minimum Gasteiger partial charge on any atom is -0.388 e. The summed E-state index contributed by atoms with van der Waals surface area (Å²) < 4.78 is 13.8. The van der Waals surface area contributed by atoms with Crippen LogP contribution in [0.2, 0.25) is 5.02 Å². The molecule has 18 heavy (non-hydrogen) atoms. The summed E-state index contributed by atoms with van der Waals surface area (Å²) in [5.41, 5.74) is 5.33. The summed E-state index contributed by atoms with van der Waals surface area (Å²) in [6.45, 7) is 5.20. The van der Waals surface area contributed by atoms with E-state index in [1.165, 1.54) is 12.3 Å². The van der Waals surface area contributed by atoms with E-state index >= 15 is 0 Å². The van der Waals surface area contributed by atoms with E-state index in [4.69, 9.17) is 22.7 Å². The second-order valence-corrected chi connectivity index (χ2v) is 5.01. The van der Waals surface area contributed by atoms with Crippen molar-refractivity contribution in [3.63, 3.8) is 0 Å². The zero-order valence-electron chi connectivity index (χ0n) is 10.6. The predicted octanol–water partition coefficient (Wildman–Crippen LogP) is 2.66. The third-order valence-corrected chi connectivity index (χ3v) is 2.53. The molecule has 0 spiro atoms. The van der Waals surface area contributed by atoms with Crippen molar-refractivity contribution in [3.8, 4) is 0 Å². The zero-order chi connectivity index (χ0) is 13.7. The second kappa shape index (κ2) is 6.54. The first kappa shape index (κ1) is 14.7. The van der Waals surface area contributed by atoms with Crippen LogP contribution in [0.15, 0.2) is 12.3 Å². The normalized spacial score (nSPS) is 10.7. The molecule has 0 radical (unpaired) electrons. The van der Waals surface area contributed by atoms with E-state index in [-0.39, 0.29) is 16.7 Å². The van der Waals surface area contributed by atoms with Gasteiger partial charge in [0, 0.05) is 25.7 Å². The van der Waals surface area contributed by atoms with Gasteiger partial charge in [0.1, 0.15) is 0 Å². The third-order valence-electron chi connectivity index (χ3n) is 2.32. The molecule has 0 aromatic carbocycles. The lowest BCUT2D eigenvalue weighted by Crippen LogP contribution is -2.32. The molecule has 0 unspecified atom stereocenters. The standard InChI is InChI=1S/C12H18ClFN4/c1-8(2)7-18(4-3-11(15)16)12-10(14)5-9(13)6-17-12/h5-6,8H,3-4,7H2,1-2H3,(H3,15,16). The lowest BCUT2D eigenvalue weighted by atomic mass is 10.2. The van der Waals surface area contributed by atoms with Crippen LogP contribution in [0.3, 0.4) is 0 Å². The molecule has 0 aliphatic rings. The summed E-state index contributed by atoms with van der Waals surface area (Å²) in [5, 5.41) is 7.51. The molecule has 1 aromatic heterocycles. The number of anilines is 1. The van der Waals surface area contributed by atoms with Crippen LogP contribution in [0.5, 0.6) is 0 Å². The van der Waals surface area contributed by atoms with Gasteiger partial charge in [-0.1, -0.05) is 25.4 Å². The highest BCUT2D eigenvalue weighted by Crippen LogP contribution is 2.20. The van der Waals surface area contributed by atoms with Crippen molar-refractivity contribution in [2.45, 2.75) is 20.3 Å². The minimum absolute atomic E-state index is 0.0816. The molecule has 0 saturated heterocycles. The molecule has 0 aliphatic heterocycles. The van der Waals surface area contributed by atoms with E-state index < -0.39 is 5.82 Å². The fourth-order valence-corrected chi connectivity index (χ4v) is 1.76. The van der Waals surface area contributed by atoms with Gasteiger partial charge in [-0.3, -0.25) is 5.41 Å². The van der Waals surface area contributed by atoms with Gasteiger partial charge in [-0.2, -0.15) is 0 Å². The lowest BCUT2D eigenvalue weighted by Gasteiger charge is -2.25. The maximum Gasteiger partial charge on any atom is 0.167 e. The Balaban J connectivity index is 2.89. The number of nitrogens with one attached hydrogen (secondary N) is 1. The van der Waals surface area contributed by atoms with E-state index in [9.17, 15) is 4.39 Å². The van der Waals surface area contributed by atoms with Gasteiger partial charge in [-0.25, -0.2) is 9.37 Å². The smallest absolute Gasteiger partial charge is 0.167 e. The monoisotopic (exact) mass is 272 g/mol. The predicted molar refractivity (Wildman–Crippen MR) is 72.8 cm³/mol. The second-order valence-electron chi connectivity index (χ2n) is 4.57. The number of nitrogens with two attached hydrogens (primary N) is 1. The molecule has 0 aliphatic carbocycles. The zero-order valence-corrected chi connectivity index (χ0v) is 11.3. The largest absolute Gasteiger partial charge is 0.388 e. The molecule has 1 aromatic rings. The van der Waals surface area contributed by atoms with Crippen molar-refractivity contribution in [2.75, 3.05) is 18.0 Å². The van der Waals surface area contributed by atoms with Gasteiger partial charge < -0.3 is 10.6 Å². The Hall–Kier alpha value is -1.36. The highest BCUT2D eigenvalue weighted by atomic mass is 35.5. The number of amidine groups is 1. The molecule has 4 nitrogen and oxygen atoms in total. The highest BCUT2D eigenvalue weighted by Gasteiger charge is 2.15. The van der Waals surface area contributed by atoms with Gasteiger partial charge in [-0.15, -0.1) is 0 Å². The fraction of sp³-hybridized carbons (Fsp3) is 0.500. The van der Waals surface area contributed by atoms with Crippen molar-refractivity contribution in [2.24, 2.45) is 11.7 Å². The molecule has 0 atom stereocenters. The molecular formula is C12H18ClFN4. The van der Waals surface area contributed by atoms with Crippen LogP contribution >= 0.6 is 11.6 Å². The quantitative estimate of drug-likeness (QED) is 0.618. The molecule has 0 fully saturated rings. The van der Waals surface area contributed by atoms with Crippen LogP contribution in [-0.4, -0.2) is 23.9 Å². The molecule has 0 bridgehead atoms. The van der Waals surface area contributed by atoms with E-state index in [0.717, 1.165) is 0 Å². The van der Waals surface area contributed by atoms with Gasteiger partial charge >= 0.3 is 0 Å². The van der Waals surface area contributed by atoms with E-state index in [1.807, 2.05) is 13.8 Å². The van der Waals surface area contributed by atoms with Crippen LogP contribution in [0.1, 0.15) is 20.3 Å². The minimum atomic E-state index is -0.452. The Kier molecular flexibility index (Phi) is 5.34. The molecule has 0 saturated carbocycles. The summed E-state index contributed by atoms with van der Waals surface area (Å²) in [7, 11) is 0. The van der Waals surface area contributed by atoms with Crippen molar-refractivity contribution in [1.82, 2.24) is 4.98 Å². The van der Waals surface area contributed by atoms with Crippen molar-refractivity contribution < 1.29 is 4.39 Å². The number of aromatic nitrogens is 1. The number of halogens is 2. The number of pyridine rings is 1. The average molecular weight is 273 g/mol. The first-order valence-corrected chi connectivity index (χ1v) is 6.16. The van der Waals surface area contributed by atoms with Crippen LogP contribution in [-0.2, 0) is 0 Å². The number of rotatable bonds is 6. The SMILES string of the molecule is CC(C)CN(CCC(=N)N)c1ncc(Cl)cc1F. The maximum atomic E-state index is 13.8. The molecule has 100 valence electrons. The Morgan fingerprint density at radius 3 is 2.78 bits per heavy atom. The summed E-state index contributed by atoms with van der Waals surface area (Å²) >= 11 is 5.68. The van der Waals surface area contributed by atoms with Crippen molar-refractivity contribution >= 4 is 23.3 Å². The van der Waals surface area contributed by atoms with Crippen molar-refractivity contribution in [1.29, 1.82) is 5.41 Å². The Labute approximate surface area is 111 Å². The molecule has 0 amide bonds. The maximum absolute atomic E-state index is 13.8. The Morgan fingerprint density at radius 1 is 1.61 bits per heavy atom. The highest BCUT2D eigenvalue weighted by molar-refractivity contribution is 6.30. The van der Waals surface area contributed by atoms with Gasteiger partial charge in [0.15, 0.2) is 11.6 Å². The molecule has 1 rings (SSSR count). The topological polar surface area (TPSA) is 66.0 Å². The summed E-state index contributed by atoms with van der Waals surface area (Å²) in [5.74, 6) is 0.244. The van der Waals surface area contributed by atoms with Gasteiger partial charge in [0.25, 0.3) is 0 Å². The number of nitrogens with zero attached hydrogens (tertiary/aromatic N) is 2. The summed E-state index contributed by atoms with van der Waals surface area (Å²) in [6, 6.07) is 1.24. The molecular weight excluding hydrogens is 255 g/mol. The van der Waals surface area contributed by atoms with Gasteiger partial charge in [0.05, 0.1) is 10.9 Å². The number of hydrogen-bond donors (Lipinski definition) is 2. The summed E-state index contributed by atoms with van der Waals surface area (Å²) in [4.78, 5) is 5.81. The van der Waals surface area contributed by atoms with E-state index in [0.29, 0.717) is 25.4 Å². The third kappa shape index (κ3) is 4.49. The van der Waals surface area contributed by atoms with Gasteiger partial charge in [-0.05, 0) is 12.0 Å². The Morgan fingerprint density at radius 2 is 2.28 bits per heavy atom. The Bertz CT molecular complexity index is 423. The molecule has 1 heterocycles. The van der Waals surface area contributed by atoms with Crippen molar-refractivity contribution in [3.05, 3.63) is 23.1 Å². The van der Waals surface area contributed by atoms with Crippen LogP contribution in [0, 0.1) is 17.1 Å². The number of hydrogen-bond acceptors (Lipinski definition) is 3. The van der Waals surface area contributed by atoms with Gasteiger partial charge in [0.2, 0.25) is 0 Å². The van der Waals surface area contributed by atoms with Crippen LogP contribution in [0.25, 0.3) is 0 Å².